The van der Waals surface area contributed by atoms with Crippen LogP contribution in [-0.4, -0.2) is 15.9 Å². The molecular weight excluding hydrogens is 299 g/mol. The number of hydrogen-bond acceptors (Lipinski definition) is 3. The van der Waals surface area contributed by atoms with E-state index in [-0.39, 0.29) is 46.9 Å². The van der Waals surface area contributed by atoms with Crippen molar-refractivity contribution in [2.24, 2.45) is 0 Å². The molecule has 0 unspecified atom stereocenters. The molecule has 0 saturated carbocycles. The average molecular weight is 302 g/mol. The van der Waals surface area contributed by atoms with Crippen LogP contribution in [0.2, 0.25) is 0 Å². The third kappa shape index (κ3) is 3.19. The molecule has 1 aromatic rings. The zero-order chi connectivity index (χ0) is 5.98. The topological polar surface area (TPSA) is 68.8 Å². The van der Waals surface area contributed by atoms with Gasteiger partial charge in [0.1, 0.15) is 5.97 Å². The molecule has 4 nitrogen and oxygen atoms in total. The number of carboxylic acid groups (broad SMARTS) is 1. The van der Waals surface area contributed by atoms with Crippen molar-refractivity contribution in [3.05, 3.63) is 18.2 Å². The molecule has 0 atom stereocenters. The second kappa shape index (κ2) is 5.69. The van der Waals surface area contributed by atoms with Crippen molar-refractivity contribution in [1.29, 1.82) is 0 Å². The van der Waals surface area contributed by atoms with Gasteiger partial charge in [0.2, 0.25) is 0 Å². The Morgan fingerprint density at radius 2 is 2.30 bits per heavy atom. The fraction of sp³-hybridized carbons (Fsp3) is 0. The molecule has 0 amide bonds. The van der Waals surface area contributed by atoms with Gasteiger partial charge in [0, 0.05) is 12.4 Å². The first-order valence-corrected chi connectivity index (χ1v) is 2.01. The molecular formula is C4H3CuIN2O2. The summed E-state index contributed by atoms with van der Waals surface area (Å²) in [4.78, 5) is 15.6. The minimum atomic E-state index is -1.28. The first kappa shape index (κ1) is 12.6. The van der Waals surface area contributed by atoms with Crippen LogP contribution >= 0.6 is 0 Å². The number of carboxylic acids is 1. The van der Waals surface area contributed by atoms with Crippen molar-refractivity contribution in [3.8, 4) is 0 Å². The van der Waals surface area contributed by atoms with Gasteiger partial charge in [-0.05, 0) is 0 Å². The van der Waals surface area contributed by atoms with E-state index in [4.69, 9.17) is 0 Å². The fourth-order valence-electron chi connectivity index (χ4n) is 0.377. The predicted molar refractivity (Wildman–Crippen MR) is 22.9 cm³/mol. The normalized spacial score (nSPS) is 7.20. The van der Waals surface area contributed by atoms with Crippen molar-refractivity contribution in [2.75, 3.05) is 0 Å². The quantitative estimate of drug-likeness (QED) is 0.422. The van der Waals surface area contributed by atoms with Crippen LogP contribution in [0.1, 0.15) is 10.6 Å². The second-order valence-electron chi connectivity index (χ2n) is 1.23. The maximum atomic E-state index is 9.86. The summed E-state index contributed by atoms with van der Waals surface area (Å²) in [5.41, 5.74) is 0. The van der Waals surface area contributed by atoms with Gasteiger partial charge in [-0.3, -0.25) is 0 Å². The number of nitrogens with zero attached hydrogens (tertiary/aromatic N) is 1. The van der Waals surface area contributed by atoms with Crippen LogP contribution in [0.3, 0.4) is 0 Å². The van der Waals surface area contributed by atoms with Crippen LogP contribution < -0.4 is 29.1 Å². The Labute approximate surface area is 84.9 Å². The first-order valence-electron chi connectivity index (χ1n) is 2.01. The van der Waals surface area contributed by atoms with Gasteiger partial charge in [-0.25, -0.2) is 4.98 Å². The molecule has 0 saturated heterocycles. The van der Waals surface area contributed by atoms with Crippen LogP contribution in [0.25, 0.3) is 0 Å². The molecule has 0 aromatic carbocycles. The van der Waals surface area contributed by atoms with E-state index in [1.54, 1.807) is 0 Å². The van der Waals surface area contributed by atoms with Crippen molar-refractivity contribution >= 4 is 5.97 Å². The number of aromatic amines is 1. The van der Waals surface area contributed by atoms with Gasteiger partial charge >= 0.3 is 17.1 Å². The number of aromatic carboxylic acids is 1. The Hall–Kier alpha value is -0.0705. The summed E-state index contributed by atoms with van der Waals surface area (Å²) in [6.07, 6.45) is 2.77. The predicted octanol–water partition coefficient (Wildman–Crippen LogP) is -4.23. The van der Waals surface area contributed by atoms with Crippen LogP contribution in [0.4, 0.5) is 0 Å². The summed E-state index contributed by atoms with van der Waals surface area (Å²) < 4.78 is 0. The summed E-state index contributed by atoms with van der Waals surface area (Å²) in [7, 11) is 0. The molecule has 6 heteroatoms. The Morgan fingerprint density at radius 1 is 1.70 bits per heavy atom. The molecule has 0 fully saturated rings. The summed E-state index contributed by atoms with van der Waals surface area (Å²) in [6.45, 7) is 0. The maximum Gasteiger partial charge on any atom is 2.00 e. The molecule has 1 heterocycles. The Kier molecular flexibility index (Phi) is 7.17. The Bertz CT molecular complexity index is 189. The number of imidazole rings is 1. The summed E-state index contributed by atoms with van der Waals surface area (Å²) in [5.74, 6) is -1.42. The zero-order valence-corrected chi connectivity index (χ0v) is 7.70. The molecule has 0 aliphatic heterocycles. The molecule has 59 valence electrons. The van der Waals surface area contributed by atoms with E-state index in [1.807, 2.05) is 0 Å². The minimum absolute atomic E-state index is 0. The Morgan fingerprint density at radius 3 is 2.50 bits per heavy atom. The van der Waals surface area contributed by atoms with Gasteiger partial charge in [0.25, 0.3) is 0 Å². The van der Waals surface area contributed by atoms with Crippen LogP contribution in [0.5, 0.6) is 0 Å². The largest absolute Gasteiger partial charge is 2.00 e. The molecule has 10 heavy (non-hydrogen) atoms. The minimum Gasteiger partial charge on any atom is -1.00 e. The number of halogens is 1. The summed E-state index contributed by atoms with van der Waals surface area (Å²) in [5, 5.41) is 9.86. The number of H-pyrrole nitrogens is 1. The van der Waals surface area contributed by atoms with E-state index < -0.39 is 5.97 Å². The van der Waals surface area contributed by atoms with Crippen LogP contribution in [-0.2, 0) is 17.1 Å². The fourth-order valence-corrected chi connectivity index (χ4v) is 0.377. The number of nitrogens with one attached hydrogen (secondary N) is 1. The number of aromatic nitrogens is 2. The molecule has 0 aliphatic rings. The monoisotopic (exact) mass is 301 g/mol. The first-order chi connectivity index (χ1) is 3.80. The maximum absolute atomic E-state index is 9.86. The molecule has 1 aromatic heterocycles. The van der Waals surface area contributed by atoms with E-state index in [9.17, 15) is 9.90 Å². The van der Waals surface area contributed by atoms with Crippen molar-refractivity contribution in [1.82, 2.24) is 9.97 Å². The molecule has 0 aliphatic carbocycles. The summed E-state index contributed by atoms with van der Waals surface area (Å²) >= 11 is 0. The van der Waals surface area contributed by atoms with Gasteiger partial charge in [-0.1, -0.05) is 0 Å². The van der Waals surface area contributed by atoms with E-state index in [1.165, 1.54) is 12.4 Å². The van der Waals surface area contributed by atoms with E-state index >= 15 is 0 Å². The van der Waals surface area contributed by atoms with Crippen molar-refractivity contribution < 1.29 is 50.9 Å². The van der Waals surface area contributed by atoms with Gasteiger partial charge in [0.15, 0.2) is 5.82 Å². The smallest absolute Gasteiger partial charge is 1.00 e. The van der Waals surface area contributed by atoms with Crippen LogP contribution in [0, 0.1) is 0 Å². The Balaban J connectivity index is 0. The van der Waals surface area contributed by atoms with Crippen molar-refractivity contribution in [3.63, 3.8) is 0 Å². The third-order valence-electron chi connectivity index (χ3n) is 0.692. The second-order valence-corrected chi connectivity index (χ2v) is 1.23. The zero-order valence-electron chi connectivity index (χ0n) is 4.60. The van der Waals surface area contributed by atoms with Gasteiger partial charge in [-0.2, -0.15) is 0 Å². The van der Waals surface area contributed by atoms with Crippen LogP contribution in [0.15, 0.2) is 12.4 Å². The number of rotatable bonds is 1. The van der Waals surface area contributed by atoms with E-state index in [0.717, 1.165) is 0 Å². The van der Waals surface area contributed by atoms with Gasteiger partial charge in [-0.15, -0.1) is 0 Å². The standard InChI is InChI=1S/C4H4N2O2.Cu.HI/c7-4(8)3-5-1-2-6-3;;/h1-2H,(H,5,6)(H,7,8);;1H/q;+2;/p-2. The number of hydrogen-bond donors (Lipinski definition) is 1. The van der Waals surface area contributed by atoms with E-state index in [2.05, 4.69) is 9.97 Å². The number of carbonyl (C=O) groups is 1. The van der Waals surface area contributed by atoms with E-state index in [0.29, 0.717) is 0 Å². The SMILES string of the molecule is O=C([O-])c1ncc[nH]1.[Cu+2].[I-]. The third-order valence-corrected chi connectivity index (χ3v) is 0.692. The molecule has 1 radical (unpaired) electrons. The molecule has 0 spiro atoms. The molecule has 0 bridgehead atoms. The molecule has 1 rings (SSSR count). The average Bonchev–Trinajstić information content (AvgIpc) is 2.12. The van der Waals surface area contributed by atoms with Gasteiger partial charge in [0.05, 0.1) is 0 Å². The summed E-state index contributed by atoms with van der Waals surface area (Å²) in [6, 6.07) is 0. The van der Waals surface area contributed by atoms with Crippen molar-refractivity contribution in [2.45, 2.75) is 0 Å². The molecule has 1 N–H and O–H groups in total. The number of carbonyl (C=O) groups excluding carboxylic acids is 1. The van der Waals surface area contributed by atoms with Gasteiger partial charge < -0.3 is 38.9 Å².